The SMILES string of the molecule is CC1(C)C(=O)Nc2cc(Nc3nc4c(N5CC[C@]6(CCNC6)C5)nccn4n3)ccc21. The van der Waals surface area contributed by atoms with Crippen LogP contribution in [0, 0.1) is 5.41 Å². The molecule has 0 radical (unpaired) electrons. The van der Waals surface area contributed by atoms with Crippen LogP contribution in [-0.4, -0.2) is 51.7 Å². The highest BCUT2D eigenvalue weighted by Gasteiger charge is 2.41. The van der Waals surface area contributed by atoms with Gasteiger partial charge in [0.25, 0.3) is 0 Å². The Labute approximate surface area is 180 Å². The number of carbonyl (C=O) groups is 1. The molecule has 1 aromatic carbocycles. The van der Waals surface area contributed by atoms with E-state index in [1.807, 2.05) is 38.2 Å². The molecule has 5 heterocycles. The lowest BCUT2D eigenvalue weighted by Gasteiger charge is -2.23. The third kappa shape index (κ3) is 2.87. The third-order valence-corrected chi connectivity index (χ3v) is 7.07. The molecule has 160 valence electrons. The first-order valence-corrected chi connectivity index (χ1v) is 10.8. The highest BCUT2D eigenvalue weighted by Crippen LogP contribution is 2.40. The van der Waals surface area contributed by atoms with Crippen LogP contribution in [0.15, 0.2) is 30.6 Å². The van der Waals surface area contributed by atoms with Gasteiger partial charge in [0.2, 0.25) is 11.9 Å². The number of hydrogen-bond donors (Lipinski definition) is 3. The first kappa shape index (κ1) is 18.6. The third-order valence-electron chi connectivity index (χ3n) is 7.07. The van der Waals surface area contributed by atoms with Crippen LogP contribution in [0.2, 0.25) is 0 Å². The molecule has 3 aliphatic heterocycles. The van der Waals surface area contributed by atoms with Crippen LogP contribution in [0.25, 0.3) is 5.65 Å². The molecule has 3 aliphatic rings. The maximum Gasteiger partial charge on any atom is 0.247 e. The second-order valence-electron chi connectivity index (χ2n) is 9.52. The molecule has 31 heavy (non-hydrogen) atoms. The number of benzene rings is 1. The predicted molar refractivity (Wildman–Crippen MR) is 119 cm³/mol. The lowest BCUT2D eigenvalue weighted by Crippen LogP contribution is -2.29. The molecule has 2 saturated heterocycles. The van der Waals surface area contributed by atoms with Crippen molar-refractivity contribution in [3.8, 4) is 0 Å². The van der Waals surface area contributed by atoms with Crippen LogP contribution >= 0.6 is 0 Å². The lowest BCUT2D eigenvalue weighted by molar-refractivity contribution is -0.119. The molecule has 2 fully saturated rings. The number of nitrogens with zero attached hydrogens (tertiary/aromatic N) is 5. The number of nitrogens with one attached hydrogen (secondary N) is 3. The van der Waals surface area contributed by atoms with Crippen LogP contribution in [0.3, 0.4) is 0 Å². The summed E-state index contributed by atoms with van der Waals surface area (Å²) in [6, 6.07) is 5.88. The topological polar surface area (TPSA) is 99.5 Å². The van der Waals surface area contributed by atoms with E-state index < -0.39 is 5.41 Å². The van der Waals surface area contributed by atoms with Crippen molar-refractivity contribution in [2.45, 2.75) is 32.1 Å². The Balaban J connectivity index is 1.28. The molecule has 3 N–H and O–H groups in total. The maximum atomic E-state index is 12.2. The van der Waals surface area contributed by atoms with Crippen LogP contribution in [0.5, 0.6) is 0 Å². The van der Waals surface area contributed by atoms with Crippen molar-refractivity contribution < 1.29 is 4.79 Å². The van der Waals surface area contributed by atoms with E-state index in [1.165, 1.54) is 12.8 Å². The molecule has 1 spiro atoms. The fourth-order valence-electron chi connectivity index (χ4n) is 5.14. The number of anilines is 4. The van der Waals surface area contributed by atoms with E-state index in [0.29, 0.717) is 11.4 Å². The summed E-state index contributed by atoms with van der Waals surface area (Å²) in [6.45, 7) is 8.04. The standard InChI is InChI=1S/C22H26N8O/c1-21(2)15-4-3-14(11-16(15)26-19(21)31)25-20-27-18-17(24-8-10-30(18)28-20)29-9-6-22(13-29)5-7-23-12-22/h3-4,8,10-11,23H,5-7,9,12-13H2,1-2H3,(H,25,28)(H,26,31)/t22-/m0/s1. The normalized spacial score (nSPS) is 24.2. The monoisotopic (exact) mass is 418 g/mol. The summed E-state index contributed by atoms with van der Waals surface area (Å²) in [5, 5.41) is 14.3. The number of hydrogen-bond acceptors (Lipinski definition) is 7. The fraction of sp³-hybridized carbons (Fsp3) is 0.455. The van der Waals surface area contributed by atoms with Gasteiger partial charge in [0.1, 0.15) is 0 Å². The highest BCUT2D eigenvalue weighted by atomic mass is 16.2. The van der Waals surface area contributed by atoms with E-state index >= 15 is 0 Å². The summed E-state index contributed by atoms with van der Waals surface area (Å²) in [5.74, 6) is 1.41. The lowest BCUT2D eigenvalue weighted by atomic mass is 9.86. The molecule has 0 bridgehead atoms. The Morgan fingerprint density at radius 1 is 1.23 bits per heavy atom. The molecule has 9 nitrogen and oxygen atoms in total. The van der Waals surface area contributed by atoms with Gasteiger partial charge in [0, 0.05) is 48.8 Å². The number of amides is 1. The summed E-state index contributed by atoms with van der Waals surface area (Å²) >= 11 is 0. The maximum absolute atomic E-state index is 12.2. The van der Waals surface area contributed by atoms with E-state index in [4.69, 9.17) is 4.98 Å². The second-order valence-corrected chi connectivity index (χ2v) is 9.52. The molecular formula is C22H26N8O. The summed E-state index contributed by atoms with van der Waals surface area (Å²) in [5.41, 5.74) is 3.26. The largest absolute Gasteiger partial charge is 0.353 e. The molecule has 1 amide bonds. The van der Waals surface area contributed by atoms with Gasteiger partial charge in [-0.05, 0) is 50.9 Å². The average molecular weight is 419 g/mol. The van der Waals surface area contributed by atoms with E-state index in [0.717, 1.165) is 54.6 Å². The second kappa shape index (κ2) is 6.40. The number of fused-ring (bicyclic) bond motifs is 2. The first-order chi connectivity index (χ1) is 14.9. The summed E-state index contributed by atoms with van der Waals surface area (Å²) in [4.78, 5) is 23.9. The van der Waals surface area contributed by atoms with Gasteiger partial charge >= 0.3 is 0 Å². The van der Waals surface area contributed by atoms with Crippen molar-refractivity contribution in [1.82, 2.24) is 24.9 Å². The van der Waals surface area contributed by atoms with E-state index in [1.54, 1.807) is 10.7 Å². The van der Waals surface area contributed by atoms with Gasteiger partial charge in [-0.1, -0.05) is 6.07 Å². The number of rotatable bonds is 3. The fourth-order valence-corrected chi connectivity index (χ4v) is 5.14. The molecule has 0 aliphatic carbocycles. The Morgan fingerprint density at radius 3 is 2.97 bits per heavy atom. The van der Waals surface area contributed by atoms with Crippen molar-refractivity contribution in [3.63, 3.8) is 0 Å². The van der Waals surface area contributed by atoms with Crippen LogP contribution in [0.1, 0.15) is 32.3 Å². The minimum atomic E-state index is -0.516. The Kier molecular flexibility index (Phi) is 3.83. The van der Waals surface area contributed by atoms with Gasteiger partial charge in [-0.2, -0.15) is 4.98 Å². The van der Waals surface area contributed by atoms with Crippen LogP contribution in [-0.2, 0) is 10.2 Å². The van der Waals surface area contributed by atoms with Gasteiger partial charge in [0.05, 0.1) is 5.41 Å². The molecular weight excluding hydrogens is 392 g/mol. The van der Waals surface area contributed by atoms with E-state index in [2.05, 4.69) is 30.9 Å². The van der Waals surface area contributed by atoms with Crippen molar-refractivity contribution in [2.75, 3.05) is 41.7 Å². The number of aromatic nitrogens is 4. The number of carbonyl (C=O) groups excluding carboxylic acids is 1. The molecule has 3 aromatic rings. The smallest absolute Gasteiger partial charge is 0.247 e. The average Bonchev–Trinajstić information content (AvgIpc) is 3.51. The van der Waals surface area contributed by atoms with Crippen LogP contribution < -0.4 is 20.9 Å². The summed E-state index contributed by atoms with van der Waals surface area (Å²) < 4.78 is 1.78. The molecule has 0 saturated carbocycles. The Hall–Kier alpha value is -3.20. The van der Waals surface area contributed by atoms with Crippen molar-refractivity contribution in [1.29, 1.82) is 0 Å². The van der Waals surface area contributed by atoms with Crippen LogP contribution in [0.4, 0.5) is 23.1 Å². The van der Waals surface area contributed by atoms with Gasteiger partial charge in [-0.25, -0.2) is 9.50 Å². The summed E-state index contributed by atoms with van der Waals surface area (Å²) in [6.07, 6.45) is 6.01. The van der Waals surface area contributed by atoms with Gasteiger partial charge in [-0.3, -0.25) is 4.79 Å². The first-order valence-electron chi connectivity index (χ1n) is 10.8. The molecule has 6 rings (SSSR count). The van der Waals surface area contributed by atoms with E-state index in [9.17, 15) is 4.79 Å². The minimum Gasteiger partial charge on any atom is -0.353 e. The van der Waals surface area contributed by atoms with Gasteiger partial charge in [-0.15, -0.1) is 5.10 Å². The zero-order valence-electron chi connectivity index (χ0n) is 17.8. The predicted octanol–water partition coefficient (Wildman–Crippen LogP) is 2.29. The van der Waals surface area contributed by atoms with Gasteiger partial charge < -0.3 is 20.9 Å². The van der Waals surface area contributed by atoms with Crippen molar-refractivity contribution in [2.24, 2.45) is 5.41 Å². The molecule has 9 heteroatoms. The van der Waals surface area contributed by atoms with E-state index in [-0.39, 0.29) is 5.91 Å². The Morgan fingerprint density at radius 2 is 2.13 bits per heavy atom. The van der Waals surface area contributed by atoms with Gasteiger partial charge in [0.15, 0.2) is 11.5 Å². The quantitative estimate of drug-likeness (QED) is 0.600. The van der Waals surface area contributed by atoms with Crippen molar-refractivity contribution >= 4 is 34.7 Å². The summed E-state index contributed by atoms with van der Waals surface area (Å²) in [7, 11) is 0. The molecule has 1 atom stereocenters. The minimum absolute atomic E-state index is 0.0158. The Bertz CT molecular complexity index is 1190. The zero-order valence-corrected chi connectivity index (χ0v) is 17.8. The molecule has 2 aromatic heterocycles. The molecule has 0 unspecified atom stereocenters. The van der Waals surface area contributed by atoms with Crippen molar-refractivity contribution in [3.05, 3.63) is 36.2 Å². The zero-order chi connectivity index (χ0) is 21.2. The highest BCUT2D eigenvalue weighted by molar-refractivity contribution is 6.06.